The van der Waals surface area contributed by atoms with Gasteiger partial charge in [0.2, 0.25) is 0 Å². The molecule has 3 nitrogen and oxygen atoms in total. The summed E-state index contributed by atoms with van der Waals surface area (Å²) < 4.78 is 52.9. The lowest BCUT2D eigenvalue weighted by atomic mass is 10.4. The summed E-state index contributed by atoms with van der Waals surface area (Å²) >= 11 is 1.13. The van der Waals surface area contributed by atoms with Gasteiger partial charge in [0, 0.05) is 5.38 Å². The third kappa shape index (κ3) is 4.28. The minimum Gasteiger partial charge on any atom is -0.368 e. The highest BCUT2D eigenvalue weighted by atomic mass is 32.1. The summed E-state index contributed by atoms with van der Waals surface area (Å²) in [4.78, 5) is 3.90. The number of nitriles is 1. The third-order valence-electron chi connectivity index (χ3n) is 1.70. The highest BCUT2D eigenvalue weighted by Crippen LogP contribution is 2.23. The van der Waals surface area contributed by atoms with Gasteiger partial charge in [-0.15, -0.1) is 11.3 Å². The van der Waals surface area contributed by atoms with E-state index < -0.39 is 19.0 Å². The Labute approximate surface area is 98.6 Å². The number of rotatable bonds is 6. The first kappa shape index (κ1) is 13.9. The van der Waals surface area contributed by atoms with E-state index in [9.17, 15) is 17.6 Å². The molecule has 0 atom stereocenters. The monoisotopic (exact) mass is 268 g/mol. The molecule has 0 radical (unpaired) electrons. The highest BCUT2D eigenvalue weighted by Gasteiger charge is 2.40. The van der Waals surface area contributed by atoms with Gasteiger partial charge >= 0.3 is 12.3 Å². The minimum absolute atomic E-state index is 0.115. The maximum Gasteiger partial charge on any atom is 0.330 e. The standard InChI is InChI=1S/C9H8F4N2OS/c10-8(11)9(12,13)5-16-3-7-15-6(1-2-14)4-17-7/h4,8H,1,3,5H2. The summed E-state index contributed by atoms with van der Waals surface area (Å²) in [5.41, 5.74) is 0.511. The molecule has 0 unspecified atom stereocenters. The Kier molecular flexibility index (Phi) is 4.84. The summed E-state index contributed by atoms with van der Waals surface area (Å²) in [5, 5.41) is 10.3. The van der Waals surface area contributed by atoms with Crippen LogP contribution in [0.1, 0.15) is 10.7 Å². The lowest BCUT2D eigenvalue weighted by molar-refractivity contribution is -0.168. The number of ether oxygens (including phenoxy) is 1. The Bertz CT molecular complexity index is 402. The van der Waals surface area contributed by atoms with Crippen LogP contribution in [0.5, 0.6) is 0 Å². The van der Waals surface area contributed by atoms with Gasteiger partial charge in [-0.05, 0) is 0 Å². The second-order valence-corrected chi connectivity index (χ2v) is 4.06. The number of halogens is 4. The van der Waals surface area contributed by atoms with Crippen LogP contribution in [0.25, 0.3) is 0 Å². The molecule has 0 aliphatic heterocycles. The summed E-state index contributed by atoms with van der Waals surface area (Å²) in [6.07, 6.45) is -3.63. The molecule has 0 aliphatic rings. The summed E-state index contributed by atoms with van der Waals surface area (Å²) in [5.74, 6) is -4.15. The molecule has 1 rings (SSSR count). The molecule has 1 heterocycles. The molecule has 0 fully saturated rings. The number of thiazole rings is 1. The molecule has 8 heteroatoms. The maximum atomic E-state index is 12.4. The first-order valence-electron chi connectivity index (χ1n) is 4.49. The van der Waals surface area contributed by atoms with Crippen molar-refractivity contribution in [1.82, 2.24) is 4.98 Å². The highest BCUT2D eigenvalue weighted by molar-refractivity contribution is 7.09. The zero-order valence-electron chi connectivity index (χ0n) is 8.50. The van der Waals surface area contributed by atoms with Gasteiger partial charge in [-0.1, -0.05) is 0 Å². The van der Waals surface area contributed by atoms with Crippen molar-refractivity contribution in [2.45, 2.75) is 25.4 Å². The molecule has 17 heavy (non-hydrogen) atoms. The lowest BCUT2D eigenvalue weighted by Gasteiger charge is -2.14. The van der Waals surface area contributed by atoms with Gasteiger partial charge in [0.05, 0.1) is 24.8 Å². The zero-order chi connectivity index (χ0) is 12.9. The summed E-state index contributed by atoms with van der Waals surface area (Å²) in [7, 11) is 0. The smallest absolute Gasteiger partial charge is 0.330 e. The van der Waals surface area contributed by atoms with Crippen molar-refractivity contribution >= 4 is 11.3 Å². The average Bonchev–Trinajstić information content (AvgIpc) is 2.66. The van der Waals surface area contributed by atoms with Gasteiger partial charge in [-0.25, -0.2) is 13.8 Å². The van der Waals surface area contributed by atoms with Gasteiger partial charge in [0.1, 0.15) is 11.6 Å². The molecule has 0 bridgehead atoms. The largest absolute Gasteiger partial charge is 0.368 e. The second-order valence-electron chi connectivity index (χ2n) is 3.12. The molecular formula is C9H8F4N2OS. The molecule has 0 N–H and O–H groups in total. The minimum atomic E-state index is -4.15. The molecule has 0 amide bonds. The van der Waals surface area contributed by atoms with E-state index in [1.807, 2.05) is 6.07 Å². The molecule has 0 saturated carbocycles. The van der Waals surface area contributed by atoms with Crippen LogP contribution in [-0.4, -0.2) is 23.9 Å². The van der Waals surface area contributed by atoms with Gasteiger partial charge in [0.25, 0.3) is 0 Å². The number of alkyl halides is 4. The Morgan fingerprint density at radius 3 is 2.82 bits per heavy atom. The van der Waals surface area contributed by atoms with E-state index in [0.29, 0.717) is 10.7 Å². The van der Waals surface area contributed by atoms with E-state index in [-0.39, 0.29) is 13.0 Å². The normalized spacial score (nSPS) is 11.8. The van der Waals surface area contributed by atoms with Crippen LogP contribution in [0.2, 0.25) is 0 Å². The second kappa shape index (κ2) is 5.93. The molecule has 0 spiro atoms. The molecule has 0 saturated heterocycles. The molecule has 1 aromatic rings. The van der Waals surface area contributed by atoms with Crippen molar-refractivity contribution in [3.05, 3.63) is 16.1 Å². The van der Waals surface area contributed by atoms with E-state index in [2.05, 4.69) is 9.72 Å². The predicted molar refractivity (Wildman–Crippen MR) is 52.0 cm³/mol. The van der Waals surface area contributed by atoms with E-state index in [0.717, 1.165) is 11.3 Å². The van der Waals surface area contributed by atoms with E-state index >= 15 is 0 Å². The Hall–Kier alpha value is -1.20. The lowest BCUT2D eigenvalue weighted by Crippen LogP contribution is -2.32. The first-order valence-corrected chi connectivity index (χ1v) is 5.37. The van der Waals surface area contributed by atoms with E-state index in [1.165, 1.54) is 0 Å². The average molecular weight is 268 g/mol. The fourth-order valence-corrected chi connectivity index (χ4v) is 1.64. The van der Waals surface area contributed by atoms with Crippen molar-refractivity contribution in [2.24, 2.45) is 0 Å². The maximum absolute atomic E-state index is 12.4. The number of hydrogen-bond donors (Lipinski definition) is 0. The van der Waals surface area contributed by atoms with Gasteiger partial charge in [0.15, 0.2) is 0 Å². The zero-order valence-corrected chi connectivity index (χ0v) is 9.32. The SMILES string of the molecule is N#CCc1csc(COCC(F)(F)C(F)F)n1. The fraction of sp³-hybridized carbons (Fsp3) is 0.556. The first-order chi connectivity index (χ1) is 7.95. The number of aromatic nitrogens is 1. The molecule has 94 valence electrons. The van der Waals surface area contributed by atoms with Crippen LogP contribution in [0, 0.1) is 11.3 Å². The third-order valence-corrected chi connectivity index (χ3v) is 2.57. The topological polar surface area (TPSA) is 45.9 Å². The van der Waals surface area contributed by atoms with Crippen molar-refractivity contribution in [1.29, 1.82) is 5.26 Å². The van der Waals surface area contributed by atoms with Crippen molar-refractivity contribution in [2.75, 3.05) is 6.61 Å². The van der Waals surface area contributed by atoms with Gasteiger partial charge in [-0.3, -0.25) is 0 Å². The van der Waals surface area contributed by atoms with E-state index in [4.69, 9.17) is 5.26 Å². The molecule has 0 aliphatic carbocycles. The Balaban J connectivity index is 2.38. The number of nitrogens with zero attached hydrogens (tertiary/aromatic N) is 2. The van der Waals surface area contributed by atoms with Crippen LogP contribution in [-0.2, 0) is 17.8 Å². The fourth-order valence-electron chi connectivity index (χ4n) is 0.915. The van der Waals surface area contributed by atoms with Gasteiger partial charge < -0.3 is 4.74 Å². The quantitative estimate of drug-likeness (QED) is 0.745. The Morgan fingerprint density at radius 2 is 2.24 bits per heavy atom. The molecular weight excluding hydrogens is 260 g/mol. The van der Waals surface area contributed by atoms with Crippen LogP contribution in [0.4, 0.5) is 17.6 Å². The van der Waals surface area contributed by atoms with E-state index in [1.54, 1.807) is 5.38 Å². The van der Waals surface area contributed by atoms with Gasteiger partial charge in [-0.2, -0.15) is 14.0 Å². The molecule has 1 aromatic heterocycles. The molecule has 0 aromatic carbocycles. The Morgan fingerprint density at radius 1 is 1.53 bits per heavy atom. The summed E-state index contributed by atoms with van der Waals surface area (Å²) in [6, 6.07) is 1.88. The van der Waals surface area contributed by atoms with Crippen LogP contribution < -0.4 is 0 Å². The predicted octanol–water partition coefficient (Wildman–Crippen LogP) is 2.63. The van der Waals surface area contributed by atoms with Crippen molar-refractivity contribution in [3.63, 3.8) is 0 Å². The van der Waals surface area contributed by atoms with Crippen molar-refractivity contribution in [3.8, 4) is 6.07 Å². The summed E-state index contributed by atoms with van der Waals surface area (Å²) in [6.45, 7) is -1.61. The van der Waals surface area contributed by atoms with Crippen LogP contribution in [0.15, 0.2) is 5.38 Å². The van der Waals surface area contributed by atoms with Crippen molar-refractivity contribution < 1.29 is 22.3 Å². The van der Waals surface area contributed by atoms with Crippen LogP contribution in [0.3, 0.4) is 0 Å². The van der Waals surface area contributed by atoms with Crippen LogP contribution >= 0.6 is 11.3 Å². The number of hydrogen-bond acceptors (Lipinski definition) is 4.